The fourth-order valence-corrected chi connectivity index (χ4v) is 1.67. The van der Waals surface area contributed by atoms with Crippen molar-refractivity contribution in [2.24, 2.45) is 0 Å². The van der Waals surface area contributed by atoms with E-state index >= 15 is 0 Å². The molecular formula is C10H8ClNO3. The van der Waals surface area contributed by atoms with Gasteiger partial charge < -0.3 is 4.42 Å². The molecule has 1 aromatic heterocycles. The smallest absolute Gasteiger partial charge is 0.400 e. The highest BCUT2D eigenvalue weighted by Gasteiger charge is 2.20. The Kier molecular flexibility index (Phi) is 2.16. The van der Waals surface area contributed by atoms with Gasteiger partial charge in [0.1, 0.15) is 10.5 Å². The van der Waals surface area contributed by atoms with Crippen molar-refractivity contribution < 1.29 is 9.34 Å². The lowest BCUT2D eigenvalue weighted by molar-refractivity contribution is -0.402. The highest BCUT2D eigenvalue weighted by atomic mass is 35.5. The number of nitro groups is 1. The quantitative estimate of drug-likeness (QED) is 0.550. The SMILES string of the molecule is Cc1cc2oc([N+](=O)[O-])c(C)c2cc1Cl. The van der Waals surface area contributed by atoms with Crippen LogP contribution in [-0.4, -0.2) is 4.92 Å². The van der Waals surface area contributed by atoms with Crippen LogP contribution in [0.5, 0.6) is 0 Å². The molecule has 0 saturated heterocycles. The largest absolute Gasteiger partial charge is 0.437 e. The molecule has 78 valence electrons. The van der Waals surface area contributed by atoms with Gasteiger partial charge in [-0.05, 0) is 31.5 Å². The molecule has 2 aromatic rings. The fourth-order valence-electron chi connectivity index (χ4n) is 1.50. The van der Waals surface area contributed by atoms with Crippen LogP contribution in [0.3, 0.4) is 0 Å². The summed E-state index contributed by atoms with van der Waals surface area (Å²) in [4.78, 5) is 10.1. The molecular weight excluding hydrogens is 218 g/mol. The number of rotatable bonds is 1. The molecule has 1 aromatic carbocycles. The Bertz CT molecular complexity index is 559. The topological polar surface area (TPSA) is 56.3 Å². The van der Waals surface area contributed by atoms with E-state index in [1.54, 1.807) is 19.1 Å². The van der Waals surface area contributed by atoms with E-state index in [4.69, 9.17) is 16.0 Å². The second-order valence-corrected chi connectivity index (χ2v) is 3.79. The molecule has 5 heteroatoms. The molecule has 1 heterocycles. The second kappa shape index (κ2) is 3.24. The predicted molar refractivity (Wildman–Crippen MR) is 57.4 cm³/mol. The highest BCUT2D eigenvalue weighted by molar-refractivity contribution is 6.32. The normalized spacial score (nSPS) is 10.9. The van der Waals surface area contributed by atoms with Crippen molar-refractivity contribution in [3.8, 4) is 0 Å². The zero-order valence-electron chi connectivity index (χ0n) is 8.20. The number of fused-ring (bicyclic) bond motifs is 1. The van der Waals surface area contributed by atoms with E-state index in [1.165, 1.54) is 0 Å². The summed E-state index contributed by atoms with van der Waals surface area (Å²) in [5.41, 5.74) is 1.85. The monoisotopic (exact) mass is 225 g/mol. The Morgan fingerprint density at radius 3 is 2.67 bits per heavy atom. The number of nitrogens with zero attached hydrogens (tertiary/aromatic N) is 1. The summed E-state index contributed by atoms with van der Waals surface area (Å²) in [6, 6.07) is 3.40. The second-order valence-electron chi connectivity index (χ2n) is 3.39. The molecule has 0 radical (unpaired) electrons. The van der Waals surface area contributed by atoms with Gasteiger partial charge in [0.05, 0.1) is 5.56 Å². The molecule has 0 N–H and O–H groups in total. The molecule has 0 aliphatic heterocycles. The first-order chi connectivity index (χ1) is 7.00. The van der Waals surface area contributed by atoms with Gasteiger partial charge >= 0.3 is 5.88 Å². The maximum Gasteiger partial charge on any atom is 0.437 e. The number of furan rings is 1. The minimum Gasteiger partial charge on any atom is -0.400 e. The summed E-state index contributed by atoms with van der Waals surface area (Å²) in [7, 11) is 0. The first-order valence-electron chi connectivity index (χ1n) is 4.34. The first-order valence-corrected chi connectivity index (χ1v) is 4.72. The molecule has 0 saturated carbocycles. The van der Waals surface area contributed by atoms with Crippen molar-refractivity contribution in [1.29, 1.82) is 0 Å². The van der Waals surface area contributed by atoms with Crippen LogP contribution in [-0.2, 0) is 0 Å². The van der Waals surface area contributed by atoms with Crippen LogP contribution in [0.4, 0.5) is 5.88 Å². The van der Waals surface area contributed by atoms with E-state index in [9.17, 15) is 10.1 Å². The Labute approximate surface area is 90.6 Å². The van der Waals surface area contributed by atoms with Crippen molar-refractivity contribution in [1.82, 2.24) is 0 Å². The molecule has 15 heavy (non-hydrogen) atoms. The minimum absolute atomic E-state index is 0.216. The van der Waals surface area contributed by atoms with E-state index in [0.29, 0.717) is 21.6 Å². The average Bonchev–Trinajstić information content (AvgIpc) is 2.46. The van der Waals surface area contributed by atoms with Crippen LogP contribution in [0.15, 0.2) is 16.5 Å². The van der Waals surface area contributed by atoms with E-state index in [0.717, 1.165) is 5.56 Å². The Morgan fingerprint density at radius 2 is 2.07 bits per heavy atom. The lowest BCUT2D eigenvalue weighted by Crippen LogP contribution is -1.86. The molecule has 0 unspecified atom stereocenters. The van der Waals surface area contributed by atoms with Crippen molar-refractivity contribution in [3.63, 3.8) is 0 Å². The standard InChI is InChI=1S/C10H8ClNO3/c1-5-3-9-7(4-8(5)11)6(2)10(15-9)12(13)14/h3-4H,1-2H3. The Morgan fingerprint density at radius 1 is 1.40 bits per heavy atom. The number of halogens is 1. The van der Waals surface area contributed by atoms with Crippen LogP contribution in [0.1, 0.15) is 11.1 Å². The third-order valence-corrected chi connectivity index (χ3v) is 2.77. The summed E-state index contributed by atoms with van der Waals surface area (Å²) in [6.07, 6.45) is 0. The Hall–Kier alpha value is -1.55. The van der Waals surface area contributed by atoms with E-state index < -0.39 is 4.92 Å². The van der Waals surface area contributed by atoms with E-state index in [2.05, 4.69) is 0 Å². The van der Waals surface area contributed by atoms with Crippen molar-refractivity contribution in [3.05, 3.63) is 38.4 Å². The average molecular weight is 226 g/mol. The van der Waals surface area contributed by atoms with Gasteiger partial charge in [-0.3, -0.25) is 10.1 Å². The molecule has 0 fully saturated rings. The van der Waals surface area contributed by atoms with Gasteiger partial charge in [-0.2, -0.15) is 0 Å². The van der Waals surface area contributed by atoms with E-state index in [1.807, 2.05) is 6.92 Å². The van der Waals surface area contributed by atoms with Gasteiger partial charge in [-0.15, -0.1) is 0 Å². The summed E-state index contributed by atoms with van der Waals surface area (Å²) in [5, 5.41) is 11.9. The zero-order chi connectivity index (χ0) is 11.2. The summed E-state index contributed by atoms with van der Waals surface area (Å²) in [6.45, 7) is 3.47. The summed E-state index contributed by atoms with van der Waals surface area (Å²) in [5.74, 6) is -0.216. The van der Waals surface area contributed by atoms with Gasteiger partial charge in [0, 0.05) is 10.4 Å². The maximum atomic E-state index is 10.6. The van der Waals surface area contributed by atoms with Crippen LogP contribution in [0.2, 0.25) is 5.02 Å². The Balaban J connectivity index is 2.83. The fraction of sp³-hybridized carbons (Fsp3) is 0.200. The van der Waals surface area contributed by atoms with Crippen LogP contribution >= 0.6 is 11.6 Å². The summed E-state index contributed by atoms with van der Waals surface area (Å²) >= 11 is 5.94. The molecule has 0 bridgehead atoms. The molecule has 0 aliphatic rings. The lowest BCUT2D eigenvalue weighted by atomic mass is 10.1. The van der Waals surface area contributed by atoms with Crippen molar-refractivity contribution in [2.75, 3.05) is 0 Å². The van der Waals surface area contributed by atoms with Gasteiger partial charge in [0.2, 0.25) is 0 Å². The lowest BCUT2D eigenvalue weighted by Gasteiger charge is -1.95. The summed E-state index contributed by atoms with van der Waals surface area (Å²) < 4.78 is 5.14. The number of benzene rings is 1. The van der Waals surface area contributed by atoms with Crippen LogP contribution in [0.25, 0.3) is 11.0 Å². The van der Waals surface area contributed by atoms with Gasteiger partial charge in [-0.25, -0.2) is 0 Å². The third kappa shape index (κ3) is 1.47. The molecule has 0 aliphatic carbocycles. The number of hydrogen-bond acceptors (Lipinski definition) is 3. The van der Waals surface area contributed by atoms with Crippen LogP contribution < -0.4 is 0 Å². The number of hydrogen-bond donors (Lipinski definition) is 0. The van der Waals surface area contributed by atoms with Gasteiger partial charge in [0.15, 0.2) is 0 Å². The molecule has 4 nitrogen and oxygen atoms in total. The van der Waals surface area contributed by atoms with E-state index in [-0.39, 0.29) is 5.88 Å². The van der Waals surface area contributed by atoms with Gasteiger partial charge in [-0.1, -0.05) is 11.6 Å². The maximum absolute atomic E-state index is 10.6. The highest BCUT2D eigenvalue weighted by Crippen LogP contribution is 2.33. The molecule has 0 atom stereocenters. The number of aryl methyl sites for hydroxylation is 2. The first kappa shape index (κ1) is 9.98. The van der Waals surface area contributed by atoms with Crippen molar-refractivity contribution in [2.45, 2.75) is 13.8 Å². The van der Waals surface area contributed by atoms with Crippen molar-refractivity contribution >= 4 is 28.5 Å². The molecule has 2 rings (SSSR count). The predicted octanol–water partition coefficient (Wildman–Crippen LogP) is 3.61. The van der Waals surface area contributed by atoms with Gasteiger partial charge in [0.25, 0.3) is 0 Å². The molecule has 0 spiro atoms. The zero-order valence-corrected chi connectivity index (χ0v) is 8.96. The van der Waals surface area contributed by atoms with Crippen LogP contribution in [0, 0.1) is 24.0 Å². The minimum atomic E-state index is -0.529. The third-order valence-electron chi connectivity index (χ3n) is 2.36. The molecule has 0 amide bonds.